The summed E-state index contributed by atoms with van der Waals surface area (Å²) in [7, 11) is -3.73. The number of hydrogen-bond acceptors (Lipinski definition) is 7. The van der Waals surface area contributed by atoms with Crippen LogP contribution in [-0.2, 0) is 14.8 Å². The number of aromatic nitrogens is 4. The SMILES string of the molecule is Cc1ccc(C)c(-n2nnnc2SCC(=O)N2CCN(S(=O)(=O)c3ccc(F)cc3)CC2)c1. The molecule has 9 nitrogen and oxygen atoms in total. The zero-order valence-corrected chi connectivity index (χ0v) is 19.8. The van der Waals surface area contributed by atoms with Crippen molar-refractivity contribution >= 4 is 27.7 Å². The fraction of sp³-hybridized carbons (Fsp3) is 0.333. The van der Waals surface area contributed by atoms with Crippen LogP contribution < -0.4 is 0 Å². The molecule has 1 aromatic heterocycles. The quantitative estimate of drug-likeness (QED) is 0.488. The lowest BCUT2D eigenvalue weighted by atomic mass is 10.1. The Kier molecular flexibility index (Phi) is 6.77. The second-order valence-electron chi connectivity index (χ2n) is 7.69. The number of rotatable bonds is 6. The molecular weight excluding hydrogens is 467 g/mol. The molecule has 2 heterocycles. The van der Waals surface area contributed by atoms with Crippen LogP contribution in [0.15, 0.2) is 52.5 Å². The van der Waals surface area contributed by atoms with Crippen molar-refractivity contribution < 1.29 is 17.6 Å². The highest BCUT2D eigenvalue weighted by Crippen LogP contribution is 2.23. The number of sulfonamides is 1. The van der Waals surface area contributed by atoms with Crippen LogP contribution in [0.25, 0.3) is 5.69 Å². The highest BCUT2D eigenvalue weighted by atomic mass is 32.2. The van der Waals surface area contributed by atoms with Crippen LogP contribution in [0, 0.1) is 19.7 Å². The van der Waals surface area contributed by atoms with Gasteiger partial charge in [-0.2, -0.15) is 8.99 Å². The maximum absolute atomic E-state index is 13.1. The minimum absolute atomic E-state index is 0.0394. The van der Waals surface area contributed by atoms with Gasteiger partial charge < -0.3 is 4.90 Å². The molecule has 0 N–H and O–H groups in total. The van der Waals surface area contributed by atoms with Crippen molar-refractivity contribution in [2.45, 2.75) is 23.9 Å². The number of thioether (sulfide) groups is 1. The lowest BCUT2D eigenvalue weighted by Gasteiger charge is -2.34. The molecule has 2 aromatic carbocycles. The van der Waals surface area contributed by atoms with E-state index in [-0.39, 0.29) is 42.7 Å². The molecule has 0 spiro atoms. The first kappa shape index (κ1) is 23.3. The minimum atomic E-state index is -3.73. The van der Waals surface area contributed by atoms with Gasteiger partial charge in [-0.25, -0.2) is 12.8 Å². The van der Waals surface area contributed by atoms with E-state index in [1.807, 2.05) is 32.0 Å². The monoisotopic (exact) mass is 490 g/mol. The summed E-state index contributed by atoms with van der Waals surface area (Å²) in [4.78, 5) is 14.4. The summed E-state index contributed by atoms with van der Waals surface area (Å²) < 4.78 is 41.6. The number of nitrogens with zero attached hydrogens (tertiary/aromatic N) is 6. The van der Waals surface area contributed by atoms with Crippen molar-refractivity contribution in [3.8, 4) is 5.69 Å². The number of tetrazole rings is 1. The molecule has 0 bridgehead atoms. The molecule has 33 heavy (non-hydrogen) atoms. The number of piperazine rings is 1. The normalized spacial score (nSPS) is 15.1. The van der Waals surface area contributed by atoms with E-state index in [1.54, 1.807) is 9.58 Å². The largest absolute Gasteiger partial charge is 0.339 e. The van der Waals surface area contributed by atoms with Crippen LogP contribution in [0.3, 0.4) is 0 Å². The van der Waals surface area contributed by atoms with E-state index < -0.39 is 15.8 Å². The Hall–Kier alpha value is -2.83. The van der Waals surface area contributed by atoms with Crippen molar-refractivity contribution in [3.05, 3.63) is 59.4 Å². The van der Waals surface area contributed by atoms with Gasteiger partial charge in [-0.05, 0) is 65.7 Å². The zero-order chi connectivity index (χ0) is 23.6. The molecule has 1 aliphatic heterocycles. The van der Waals surface area contributed by atoms with E-state index in [2.05, 4.69) is 15.5 Å². The number of carbonyl (C=O) groups excluding carboxylic acids is 1. The summed E-state index contributed by atoms with van der Waals surface area (Å²) in [6.07, 6.45) is 0. The summed E-state index contributed by atoms with van der Waals surface area (Å²) in [5.41, 5.74) is 2.95. The molecule has 12 heteroatoms. The lowest BCUT2D eigenvalue weighted by Crippen LogP contribution is -2.50. The fourth-order valence-electron chi connectivity index (χ4n) is 3.52. The van der Waals surface area contributed by atoms with Crippen molar-refractivity contribution in [1.82, 2.24) is 29.4 Å². The van der Waals surface area contributed by atoms with Gasteiger partial charge in [0.2, 0.25) is 21.1 Å². The van der Waals surface area contributed by atoms with Crippen LogP contribution in [-0.4, -0.2) is 75.7 Å². The summed E-state index contributed by atoms with van der Waals surface area (Å²) in [6, 6.07) is 10.7. The van der Waals surface area contributed by atoms with Gasteiger partial charge in [-0.3, -0.25) is 4.79 Å². The molecule has 0 saturated carbocycles. The topological polar surface area (TPSA) is 101 Å². The van der Waals surface area contributed by atoms with E-state index in [0.29, 0.717) is 5.16 Å². The van der Waals surface area contributed by atoms with Gasteiger partial charge in [0.05, 0.1) is 16.3 Å². The summed E-state index contributed by atoms with van der Waals surface area (Å²) >= 11 is 1.24. The Morgan fingerprint density at radius 2 is 1.76 bits per heavy atom. The first-order chi connectivity index (χ1) is 15.8. The molecule has 3 aromatic rings. The molecule has 0 unspecified atom stereocenters. The average molecular weight is 491 g/mol. The average Bonchev–Trinajstić information content (AvgIpc) is 3.28. The summed E-state index contributed by atoms with van der Waals surface area (Å²) in [5.74, 6) is -0.476. The van der Waals surface area contributed by atoms with Gasteiger partial charge in [0, 0.05) is 26.2 Å². The zero-order valence-electron chi connectivity index (χ0n) is 18.2. The first-order valence-corrected chi connectivity index (χ1v) is 12.7. The van der Waals surface area contributed by atoms with Crippen LogP contribution in [0.4, 0.5) is 4.39 Å². The lowest BCUT2D eigenvalue weighted by molar-refractivity contribution is -0.129. The van der Waals surface area contributed by atoms with E-state index in [0.717, 1.165) is 28.9 Å². The number of carbonyl (C=O) groups is 1. The van der Waals surface area contributed by atoms with Gasteiger partial charge in [0.1, 0.15) is 5.82 Å². The second-order valence-corrected chi connectivity index (χ2v) is 10.6. The van der Waals surface area contributed by atoms with Crippen molar-refractivity contribution in [2.75, 3.05) is 31.9 Å². The highest BCUT2D eigenvalue weighted by Gasteiger charge is 2.30. The molecule has 0 aliphatic carbocycles. The van der Waals surface area contributed by atoms with Gasteiger partial charge >= 0.3 is 0 Å². The number of amides is 1. The van der Waals surface area contributed by atoms with Crippen molar-refractivity contribution in [1.29, 1.82) is 0 Å². The Morgan fingerprint density at radius 3 is 2.45 bits per heavy atom. The molecule has 1 amide bonds. The molecule has 1 saturated heterocycles. The molecule has 0 radical (unpaired) electrons. The Labute approximate surface area is 195 Å². The molecule has 4 rings (SSSR count). The summed E-state index contributed by atoms with van der Waals surface area (Å²) in [6.45, 7) is 4.87. The molecule has 0 atom stereocenters. The first-order valence-electron chi connectivity index (χ1n) is 10.3. The maximum Gasteiger partial charge on any atom is 0.243 e. The number of benzene rings is 2. The standard InChI is InChI=1S/C21H23FN6O3S2/c1-15-3-4-16(2)19(13-15)28-21(23-24-25-28)32-14-20(29)26-9-11-27(12-10-26)33(30,31)18-7-5-17(22)6-8-18/h3-8,13H,9-12,14H2,1-2H3. The second kappa shape index (κ2) is 9.57. The predicted octanol–water partition coefficient (Wildman–Crippen LogP) is 2.04. The van der Waals surface area contributed by atoms with E-state index >= 15 is 0 Å². The van der Waals surface area contributed by atoms with Crippen LogP contribution in [0.2, 0.25) is 0 Å². The molecule has 1 aliphatic rings. The Morgan fingerprint density at radius 1 is 1.06 bits per heavy atom. The van der Waals surface area contributed by atoms with Gasteiger partial charge in [0.25, 0.3) is 0 Å². The highest BCUT2D eigenvalue weighted by molar-refractivity contribution is 7.99. The van der Waals surface area contributed by atoms with Crippen molar-refractivity contribution in [3.63, 3.8) is 0 Å². The van der Waals surface area contributed by atoms with Crippen LogP contribution in [0.5, 0.6) is 0 Å². The molecule has 174 valence electrons. The summed E-state index contributed by atoms with van der Waals surface area (Å²) in [5, 5.41) is 12.4. The third-order valence-electron chi connectivity index (χ3n) is 5.40. The van der Waals surface area contributed by atoms with Crippen molar-refractivity contribution in [2.24, 2.45) is 0 Å². The molecular formula is C21H23FN6O3S2. The third-order valence-corrected chi connectivity index (χ3v) is 8.22. The van der Waals surface area contributed by atoms with Gasteiger partial charge in [-0.15, -0.1) is 5.10 Å². The Bertz CT molecular complexity index is 1260. The maximum atomic E-state index is 13.1. The smallest absolute Gasteiger partial charge is 0.243 e. The van der Waals surface area contributed by atoms with Gasteiger partial charge in [-0.1, -0.05) is 23.9 Å². The number of halogens is 1. The van der Waals surface area contributed by atoms with Crippen LogP contribution in [0.1, 0.15) is 11.1 Å². The van der Waals surface area contributed by atoms with Gasteiger partial charge in [0.15, 0.2) is 0 Å². The van der Waals surface area contributed by atoms with E-state index in [9.17, 15) is 17.6 Å². The Balaban J connectivity index is 1.36. The number of hydrogen-bond donors (Lipinski definition) is 0. The van der Waals surface area contributed by atoms with E-state index in [1.165, 1.54) is 28.2 Å². The van der Waals surface area contributed by atoms with Crippen LogP contribution >= 0.6 is 11.8 Å². The predicted molar refractivity (Wildman–Crippen MR) is 121 cm³/mol. The molecule has 1 fully saturated rings. The number of aryl methyl sites for hydroxylation is 2. The third kappa shape index (κ3) is 5.07. The minimum Gasteiger partial charge on any atom is -0.339 e. The van der Waals surface area contributed by atoms with E-state index in [4.69, 9.17) is 0 Å². The fourth-order valence-corrected chi connectivity index (χ4v) is 5.73.